The lowest BCUT2D eigenvalue weighted by Gasteiger charge is -2.16. The van der Waals surface area contributed by atoms with Crippen molar-refractivity contribution in [1.29, 1.82) is 5.26 Å². The molecule has 0 bridgehead atoms. The van der Waals surface area contributed by atoms with Crippen LogP contribution in [-0.4, -0.2) is 17.0 Å². The zero-order valence-electron chi connectivity index (χ0n) is 18.3. The average Bonchev–Trinajstić information content (AvgIpc) is 2.81. The molecule has 1 heterocycles. The number of nitrogens with zero attached hydrogens (tertiary/aromatic N) is 2. The first-order valence-corrected chi connectivity index (χ1v) is 10.2. The summed E-state index contributed by atoms with van der Waals surface area (Å²) in [7, 11) is 0. The lowest BCUT2D eigenvalue weighted by molar-refractivity contribution is -0.143. The molecule has 0 aliphatic heterocycles. The van der Waals surface area contributed by atoms with E-state index in [4.69, 9.17) is 10.00 Å². The van der Waals surface area contributed by atoms with Crippen molar-refractivity contribution >= 4 is 5.91 Å². The summed E-state index contributed by atoms with van der Waals surface area (Å²) in [5.41, 5.74) is -3.08. The van der Waals surface area contributed by atoms with Gasteiger partial charge in [-0.1, -0.05) is 0 Å². The number of ether oxygens (including phenoxy) is 1. The van der Waals surface area contributed by atoms with E-state index >= 15 is 0 Å². The van der Waals surface area contributed by atoms with Crippen molar-refractivity contribution < 1.29 is 40.3 Å². The molecule has 12 heteroatoms. The van der Waals surface area contributed by atoms with Crippen molar-refractivity contribution in [3.05, 3.63) is 82.9 Å². The maximum absolute atomic E-state index is 13.8. The summed E-state index contributed by atoms with van der Waals surface area (Å²) in [6, 6.07) is 7.44. The number of nitrogens with one attached hydrogen (secondary N) is 1. The first-order chi connectivity index (χ1) is 16.8. The van der Waals surface area contributed by atoms with Gasteiger partial charge in [0.25, 0.3) is 5.91 Å². The Morgan fingerprint density at radius 1 is 1.03 bits per heavy atom. The highest BCUT2D eigenvalue weighted by Gasteiger charge is 2.37. The maximum atomic E-state index is 13.8. The number of alkyl halides is 6. The van der Waals surface area contributed by atoms with Gasteiger partial charge in [-0.05, 0) is 54.4 Å². The third-order valence-electron chi connectivity index (χ3n) is 4.91. The molecule has 3 aromatic rings. The molecule has 5 nitrogen and oxygen atoms in total. The highest BCUT2D eigenvalue weighted by Crippen LogP contribution is 2.37. The summed E-state index contributed by atoms with van der Waals surface area (Å²) >= 11 is 0. The van der Waals surface area contributed by atoms with Crippen LogP contribution >= 0.6 is 0 Å². The van der Waals surface area contributed by atoms with Crippen molar-refractivity contribution in [2.24, 2.45) is 0 Å². The fourth-order valence-electron chi connectivity index (χ4n) is 3.23. The Morgan fingerprint density at radius 2 is 1.67 bits per heavy atom. The van der Waals surface area contributed by atoms with E-state index in [1.54, 1.807) is 0 Å². The minimum atomic E-state index is -5.10. The van der Waals surface area contributed by atoms with E-state index < -0.39 is 46.9 Å². The summed E-state index contributed by atoms with van der Waals surface area (Å²) < 4.78 is 97.9. The van der Waals surface area contributed by atoms with E-state index in [-0.39, 0.29) is 18.4 Å². The summed E-state index contributed by atoms with van der Waals surface area (Å²) in [5.74, 6) is -1.82. The number of pyridine rings is 1. The SMILES string of the molecule is CC(C#N)Oc1cc(F)ccc1-c1ccncc1CNC(=O)c1cc(C(F)(F)F)cc(C(F)(F)F)c1. The number of hydrogen-bond donors (Lipinski definition) is 1. The second-order valence-electron chi connectivity index (χ2n) is 7.54. The summed E-state index contributed by atoms with van der Waals surface area (Å²) in [6.45, 7) is 1.09. The van der Waals surface area contributed by atoms with Gasteiger partial charge in [0, 0.05) is 36.1 Å². The van der Waals surface area contributed by atoms with Gasteiger partial charge in [-0.15, -0.1) is 0 Å². The Hall–Kier alpha value is -4.14. The lowest BCUT2D eigenvalue weighted by Crippen LogP contribution is -2.24. The first-order valence-electron chi connectivity index (χ1n) is 10.2. The predicted molar refractivity (Wildman–Crippen MR) is 113 cm³/mol. The number of aromatic nitrogens is 1. The molecular formula is C24H16F7N3O2. The summed E-state index contributed by atoms with van der Waals surface area (Å²) in [4.78, 5) is 16.5. The number of amides is 1. The van der Waals surface area contributed by atoms with E-state index in [0.29, 0.717) is 28.8 Å². The van der Waals surface area contributed by atoms with Crippen molar-refractivity contribution in [3.63, 3.8) is 0 Å². The fraction of sp³-hybridized carbons (Fsp3) is 0.208. The summed E-state index contributed by atoms with van der Waals surface area (Å²) in [5, 5.41) is 11.3. The molecule has 0 saturated carbocycles. The predicted octanol–water partition coefficient (Wildman–Crippen LogP) is 6.15. The molecule has 0 fully saturated rings. The lowest BCUT2D eigenvalue weighted by atomic mass is 10.00. The van der Waals surface area contributed by atoms with E-state index in [9.17, 15) is 35.5 Å². The number of carbonyl (C=O) groups is 1. The van der Waals surface area contributed by atoms with Gasteiger partial charge in [-0.2, -0.15) is 31.6 Å². The number of benzene rings is 2. The molecule has 0 aliphatic carbocycles. The standard InChI is InChI=1S/C24H16F7N3O2/c1-13(10-32)36-21-9-18(25)2-3-20(21)19-4-5-33-11-15(19)12-34-22(35)14-6-16(23(26,27)28)8-17(7-14)24(29,30)31/h2-9,11,13H,12H2,1H3,(H,34,35). The molecule has 1 atom stereocenters. The van der Waals surface area contributed by atoms with Gasteiger partial charge < -0.3 is 10.1 Å². The molecule has 0 spiro atoms. The topological polar surface area (TPSA) is 75.0 Å². The Labute approximate surface area is 200 Å². The van der Waals surface area contributed by atoms with Gasteiger partial charge >= 0.3 is 12.4 Å². The third kappa shape index (κ3) is 6.29. The van der Waals surface area contributed by atoms with Crippen LogP contribution in [-0.2, 0) is 18.9 Å². The van der Waals surface area contributed by atoms with Gasteiger partial charge in [0.05, 0.1) is 11.1 Å². The number of rotatable bonds is 6. The Morgan fingerprint density at radius 3 is 2.25 bits per heavy atom. The Balaban J connectivity index is 1.93. The fourth-order valence-corrected chi connectivity index (χ4v) is 3.23. The largest absolute Gasteiger partial charge is 0.475 e. The molecule has 1 N–H and O–H groups in total. The second kappa shape index (κ2) is 10.2. The van der Waals surface area contributed by atoms with Crippen LogP contribution in [0.2, 0.25) is 0 Å². The van der Waals surface area contributed by atoms with Crippen LogP contribution in [0.4, 0.5) is 30.7 Å². The van der Waals surface area contributed by atoms with E-state index in [1.165, 1.54) is 31.5 Å². The van der Waals surface area contributed by atoms with Crippen LogP contribution in [0.25, 0.3) is 11.1 Å². The number of carbonyl (C=O) groups excluding carboxylic acids is 1. The van der Waals surface area contributed by atoms with E-state index in [2.05, 4.69) is 10.3 Å². The van der Waals surface area contributed by atoms with Gasteiger partial charge in [0.1, 0.15) is 17.6 Å². The zero-order chi connectivity index (χ0) is 26.7. The Bertz CT molecular complexity index is 1280. The monoisotopic (exact) mass is 511 g/mol. The van der Waals surface area contributed by atoms with Crippen molar-refractivity contribution in [2.45, 2.75) is 31.9 Å². The van der Waals surface area contributed by atoms with Crippen molar-refractivity contribution in [3.8, 4) is 22.9 Å². The smallest absolute Gasteiger partial charge is 0.416 e. The molecule has 188 valence electrons. The number of nitriles is 1. The quantitative estimate of drug-likeness (QED) is 0.403. The molecule has 36 heavy (non-hydrogen) atoms. The highest BCUT2D eigenvalue weighted by molar-refractivity contribution is 5.94. The zero-order valence-corrected chi connectivity index (χ0v) is 18.3. The van der Waals surface area contributed by atoms with Gasteiger partial charge in [-0.3, -0.25) is 9.78 Å². The van der Waals surface area contributed by atoms with Crippen LogP contribution in [0, 0.1) is 17.1 Å². The van der Waals surface area contributed by atoms with Crippen LogP contribution < -0.4 is 10.1 Å². The molecule has 1 aromatic heterocycles. The molecule has 2 aromatic carbocycles. The molecule has 0 radical (unpaired) electrons. The second-order valence-corrected chi connectivity index (χ2v) is 7.54. The molecule has 1 amide bonds. The van der Waals surface area contributed by atoms with Crippen LogP contribution in [0.15, 0.2) is 54.9 Å². The average molecular weight is 511 g/mol. The van der Waals surface area contributed by atoms with Gasteiger partial charge in [0.15, 0.2) is 6.10 Å². The molecule has 0 aliphatic rings. The van der Waals surface area contributed by atoms with E-state index in [0.717, 1.165) is 12.1 Å². The van der Waals surface area contributed by atoms with Crippen molar-refractivity contribution in [2.75, 3.05) is 0 Å². The number of hydrogen-bond acceptors (Lipinski definition) is 4. The van der Waals surface area contributed by atoms with Gasteiger partial charge in [-0.25, -0.2) is 4.39 Å². The van der Waals surface area contributed by atoms with Crippen LogP contribution in [0.1, 0.15) is 34.0 Å². The molecule has 1 unspecified atom stereocenters. The Kier molecular flexibility index (Phi) is 7.52. The summed E-state index contributed by atoms with van der Waals surface area (Å²) in [6.07, 6.45) is -8.45. The third-order valence-corrected chi connectivity index (χ3v) is 4.91. The van der Waals surface area contributed by atoms with Crippen LogP contribution in [0.3, 0.4) is 0 Å². The highest BCUT2D eigenvalue weighted by atomic mass is 19.4. The maximum Gasteiger partial charge on any atom is 0.416 e. The normalized spacial score (nSPS) is 12.5. The minimum Gasteiger partial charge on any atom is -0.475 e. The molecule has 3 rings (SSSR count). The first kappa shape index (κ1) is 26.5. The molecule has 0 saturated heterocycles. The van der Waals surface area contributed by atoms with Crippen molar-refractivity contribution in [1.82, 2.24) is 10.3 Å². The minimum absolute atomic E-state index is 0.00974. The number of halogens is 7. The van der Waals surface area contributed by atoms with E-state index in [1.807, 2.05) is 6.07 Å². The van der Waals surface area contributed by atoms with Gasteiger partial charge in [0.2, 0.25) is 0 Å². The molecular weight excluding hydrogens is 495 g/mol. The van der Waals surface area contributed by atoms with Crippen LogP contribution in [0.5, 0.6) is 5.75 Å².